The van der Waals surface area contributed by atoms with Crippen LogP contribution in [0, 0.1) is 23.7 Å². The van der Waals surface area contributed by atoms with Crippen molar-refractivity contribution in [3.05, 3.63) is 41.5 Å². The summed E-state index contributed by atoms with van der Waals surface area (Å²) < 4.78 is 11.5. The molecule has 1 fully saturated rings. The Kier molecular flexibility index (Phi) is 3.59. The number of hydrogen-bond acceptors (Lipinski definition) is 2. The summed E-state index contributed by atoms with van der Waals surface area (Å²) in [6.45, 7) is 7.84. The Morgan fingerprint density at radius 1 is 1.15 bits per heavy atom. The zero-order chi connectivity index (χ0) is 14.3. The smallest absolute Gasteiger partial charge is 0.118 e. The van der Waals surface area contributed by atoms with Crippen molar-refractivity contribution in [1.29, 1.82) is 0 Å². The van der Waals surface area contributed by atoms with Crippen molar-refractivity contribution in [3.63, 3.8) is 0 Å². The summed E-state index contributed by atoms with van der Waals surface area (Å²) in [4.78, 5) is 0. The maximum atomic E-state index is 6.23. The number of benzene rings is 1. The molecule has 2 heteroatoms. The maximum absolute atomic E-state index is 6.23. The van der Waals surface area contributed by atoms with E-state index in [1.165, 1.54) is 11.1 Å². The van der Waals surface area contributed by atoms with E-state index >= 15 is 0 Å². The Labute approximate surface area is 121 Å². The number of fused-ring (bicyclic) bond motifs is 2. The summed E-state index contributed by atoms with van der Waals surface area (Å²) in [5.41, 5.74) is 2.75. The first-order valence-corrected chi connectivity index (χ1v) is 7.55. The van der Waals surface area contributed by atoms with E-state index in [-0.39, 0.29) is 6.10 Å². The molecular formula is C18H24O2. The van der Waals surface area contributed by atoms with Gasteiger partial charge in [-0.25, -0.2) is 0 Å². The van der Waals surface area contributed by atoms with Gasteiger partial charge >= 0.3 is 0 Å². The zero-order valence-electron chi connectivity index (χ0n) is 12.8. The van der Waals surface area contributed by atoms with Gasteiger partial charge in [0.1, 0.15) is 5.75 Å². The molecule has 2 nitrogen and oxygen atoms in total. The van der Waals surface area contributed by atoms with Crippen LogP contribution in [0.25, 0.3) is 0 Å². The molecule has 1 saturated heterocycles. The average molecular weight is 272 g/mol. The number of rotatable bonds is 2. The predicted octanol–water partition coefficient (Wildman–Crippen LogP) is 4.23. The quantitative estimate of drug-likeness (QED) is 0.750. The van der Waals surface area contributed by atoms with E-state index < -0.39 is 0 Å². The molecule has 108 valence electrons. The highest BCUT2D eigenvalue weighted by molar-refractivity contribution is 5.31. The number of methoxy groups -OCH3 is 1. The third-order valence-corrected chi connectivity index (χ3v) is 5.21. The van der Waals surface area contributed by atoms with Gasteiger partial charge < -0.3 is 9.47 Å². The van der Waals surface area contributed by atoms with Gasteiger partial charge in [-0.1, -0.05) is 37.6 Å². The molecule has 2 bridgehead atoms. The minimum atomic E-state index is 0.191. The van der Waals surface area contributed by atoms with Gasteiger partial charge in [-0.2, -0.15) is 0 Å². The molecule has 1 aromatic rings. The fourth-order valence-electron chi connectivity index (χ4n) is 4.04. The van der Waals surface area contributed by atoms with E-state index in [0.29, 0.717) is 23.7 Å². The molecule has 2 aliphatic rings. The lowest BCUT2D eigenvalue weighted by molar-refractivity contribution is -0.0934. The molecule has 0 aromatic heterocycles. The molecule has 5 atom stereocenters. The molecule has 0 spiro atoms. The Balaban J connectivity index is 1.92. The molecule has 0 N–H and O–H groups in total. The van der Waals surface area contributed by atoms with Crippen molar-refractivity contribution in [2.75, 3.05) is 13.7 Å². The van der Waals surface area contributed by atoms with Gasteiger partial charge in [0.05, 0.1) is 19.8 Å². The first-order valence-electron chi connectivity index (χ1n) is 7.55. The molecule has 1 aliphatic heterocycles. The van der Waals surface area contributed by atoms with Crippen LogP contribution in [0.5, 0.6) is 5.75 Å². The van der Waals surface area contributed by atoms with Crippen LogP contribution in [-0.2, 0) is 4.74 Å². The normalized spacial score (nSPS) is 36.4. The SMILES string of the molecule is COc1ccc(C2OC[C@@H]3C(C)C=C(C)[C@H]2C3C)cc1. The Morgan fingerprint density at radius 2 is 1.85 bits per heavy atom. The lowest BCUT2D eigenvalue weighted by atomic mass is 9.64. The molecule has 0 saturated carbocycles. The largest absolute Gasteiger partial charge is 0.497 e. The molecule has 1 heterocycles. The van der Waals surface area contributed by atoms with Crippen LogP contribution in [0.2, 0.25) is 0 Å². The van der Waals surface area contributed by atoms with Crippen LogP contribution in [0.3, 0.4) is 0 Å². The van der Waals surface area contributed by atoms with Crippen molar-refractivity contribution >= 4 is 0 Å². The number of ether oxygens (including phenoxy) is 2. The Hall–Kier alpha value is -1.28. The zero-order valence-corrected chi connectivity index (χ0v) is 12.8. The van der Waals surface area contributed by atoms with Gasteiger partial charge in [0.25, 0.3) is 0 Å². The maximum Gasteiger partial charge on any atom is 0.118 e. The van der Waals surface area contributed by atoms with Crippen molar-refractivity contribution in [2.45, 2.75) is 26.9 Å². The number of hydrogen-bond donors (Lipinski definition) is 0. The molecule has 3 unspecified atom stereocenters. The molecular weight excluding hydrogens is 248 g/mol. The Bertz CT molecular complexity index is 503. The third-order valence-electron chi connectivity index (χ3n) is 5.21. The molecule has 0 radical (unpaired) electrons. The fraction of sp³-hybridized carbons (Fsp3) is 0.556. The highest BCUT2D eigenvalue weighted by Crippen LogP contribution is 2.49. The van der Waals surface area contributed by atoms with E-state index in [1.807, 2.05) is 12.1 Å². The second-order valence-electron chi connectivity index (χ2n) is 6.35. The standard InChI is InChI=1S/C18H24O2/c1-11-9-12(2)17-13(3)16(11)10-20-18(17)14-5-7-15(19-4)8-6-14/h5-9,11,13,16-18H,10H2,1-4H3/t11?,13?,16-,17+,18?/m1/s1. The van der Waals surface area contributed by atoms with Gasteiger partial charge in [0.15, 0.2) is 0 Å². The molecule has 1 aliphatic carbocycles. The molecule has 1 aromatic carbocycles. The van der Waals surface area contributed by atoms with Crippen molar-refractivity contribution in [1.82, 2.24) is 0 Å². The average Bonchev–Trinajstić information content (AvgIpc) is 2.45. The van der Waals surface area contributed by atoms with Crippen molar-refractivity contribution in [3.8, 4) is 5.75 Å². The Morgan fingerprint density at radius 3 is 2.50 bits per heavy atom. The summed E-state index contributed by atoms with van der Waals surface area (Å²) in [5.74, 6) is 3.41. The van der Waals surface area contributed by atoms with Gasteiger partial charge in [-0.15, -0.1) is 0 Å². The van der Waals surface area contributed by atoms with Crippen LogP contribution in [-0.4, -0.2) is 13.7 Å². The topological polar surface area (TPSA) is 18.5 Å². The first-order chi connectivity index (χ1) is 9.61. The summed E-state index contributed by atoms with van der Waals surface area (Å²) in [5, 5.41) is 0. The van der Waals surface area contributed by atoms with E-state index in [4.69, 9.17) is 9.47 Å². The molecule has 0 amide bonds. The number of allylic oxidation sites excluding steroid dienone is 1. The minimum Gasteiger partial charge on any atom is -0.497 e. The van der Waals surface area contributed by atoms with E-state index in [9.17, 15) is 0 Å². The highest BCUT2D eigenvalue weighted by Gasteiger charge is 2.43. The molecule has 3 rings (SSSR count). The van der Waals surface area contributed by atoms with Crippen LogP contribution < -0.4 is 4.74 Å². The van der Waals surface area contributed by atoms with E-state index in [2.05, 4.69) is 39.0 Å². The van der Waals surface area contributed by atoms with Gasteiger partial charge in [0, 0.05) is 5.92 Å². The van der Waals surface area contributed by atoms with E-state index in [0.717, 1.165) is 12.4 Å². The lowest BCUT2D eigenvalue weighted by Gasteiger charge is -2.47. The fourth-order valence-corrected chi connectivity index (χ4v) is 4.04. The van der Waals surface area contributed by atoms with Gasteiger partial charge in [-0.3, -0.25) is 0 Å². The summed E-state index contributed by atoms with van der Waals surface area (Å²) in [6, 6.07) is 8.34. The monoisotopic (exact) mass is 272 g/mol. The van der Waals surface area contributed by atoms with Crippen LogP contribution in [0.4, 0.5) is 0 Å². The highest BCUT2D eigenvalue weighted by atomic mass is 16.5. The minimum absolute atomic E-state index is 0.191. The van der Waals surface area contributed by atoms with E-state index in [1.54, 1.807) is 7.11 Å². The van der Waals surface area contributed by atoms with Gasteiger partial charge in [0.2, 0.25) is 0 Å². The van der Waals surface area contributed by atoms with Crippen LogP contribution in [0.1, 0.15) is 32.4 Å². The van der Waals surface area contributed by atoms with Crippen LogP contribution in [0.15, 0.2) is 35.9 Å². The second kappa shape index (κ2) is 5.25. The summed E-state index contributed by atoms with van der Waals surface area (Å²) in [6.07, 6.45) is 2.64. The van der Waals surface area contributed by atoms with Crippen molar-refractivity contribution < 1.29 is 9.47 Å². The summed E-state index contributed by atoms with van der Waals surface area (Å²) >= 11 is 0. The summed E-state index contributed by atoms with van der Waals surface area (Å²) in [7, 11) is 1.70. The van der Waals surface area contributed by atoms with Crippen LogP contribution >= 0.6 is 0 Å². The van der Waals surface area contributed by atoms with Gasteiger partial charge in [-0.05, 0) is 42.4 Å². The first kappa shape index (κ1) is 13.7. The second-order valence-corrected chi connectivity index (χ2v) is 6.35. The predicted molar refractivity (Wildman–Crippen MR) is 80.8 cm³/mol. The van der Waals surface area contributed by atoms with Crippen molar-refractivity contribution in [2.24, 2.45) is 23.7 Å². The molecule has 20 heavy (non-hydrogen) atoms. The lowest BCUT2D eigenvalue weighted by Crippen LogP contribution is -2.42. The third kappa shape index (κ3) is 2.16.